The SMILES string of the molecule is Oc1cncc(-c2cc3c(-c4cc5c(-c6ccoc6)cncc5[nH]4)n[nH]c3cn2)c1. The maximum absolute atomic E-state index is 9.74. The third-order valence-electron chi connectivity index (χ3n) is 5.10. The highest BCUT2D eigenvalue weighted by Crippen LogP contribution is 2.34. The van der Waals surface area contributed by atoms with E-state index in [2.05, 4.69) is 36.2 Å². The Labute approximate surface area is 169 Å². The van der Waals surface area contributed by atoms with Crippen LogP contribution in [0.3, 0.4) is 0 Å². The molecule has 8 heteroatoms. The van der Waals surface area contributed by atoms with Gasteiger partial charge in [0.15, 0.2) is 0 Å². The molecule has 0 unspecified atom stereocenters. The summed E-state index contributed by atoms with van der Waals surface area (Å²) in [6.07, 6.45) is 11.8. The molecule has 0 aliphatic carbocycles. The van der Waals surface area contributed by atoms with Gasteiger partial charge < -0.3 is 14.5 Å². The summed E-state index contributed by atoms with van der Waals surface area (Å²) < 4.78 is 5.23. The van der Waals surface area contributed by atoms with Gasteiger partial charge in [0.2, 0.25) is 0 Å². The Bertz CT molecular complexity index is 1510. The van der Waals surface area contributed by atoms with E-state index < -0.39 is 0 Å². The Hall–Kier alpha value is -4.46. The Balaban J connectivity index is 1.52. The summed E-state index contributed by atoms with van der Waals surface area (Å²) >= 11 is 0. The van der Waals surface area contributed by atoms with E-state index in [4.69, 9.17) is 4.42 Å². The number of furan rings is 1. The van der Waals surface area contributed by atoms with Crippen LogP contribution in [-0.4, -0.2) is 35.2 Å². The molecule has 6 heterocycles. The molecule has 30 heavy (non-hydrogen) atoms. The minimum absolute atomic E-state index is 0.0942. The number of H-pyrrole nitrogens is 2. The van der Waals surface area contributed by atoms with Crippen molar-refractivity contribution in [1.82, 2.24) is 30.1 Å². The van der Waals surface area contributed by atoms with Crippen LogP contribution < -0.4 is 0 Å². The number of aromatic hydroxyl groups is 1. The number of aromatic nitrogens is 6. The van der Waals surface area contributed by atoms with E-state index in [0.717, 1.165) is 49.9 Å². The van der Waals surface area contributed by atoms with Gasteiger partial charge in [0.05, 0.1) is 53.5 Å². The zero-order chi connectivity index (χ0) is 20.1. The monoisotopic (exact) mass is 394 g/mol. The van der Waals surface area contributed by atoms with Crippen molar-refractivity contribution < 1.29 is 9.52 Å². The lowest BCUT2D eigenvalue weighted by molar-refractivity contribution is 0.473. The summed E-state index contributed by atoms with van der Waals surface area (Å²) in [4.78, 5) is 16.3. The molecule has 0 atom stereocenters. The van der Waals surface area contributed by atoms with Gasteiger partial charge in [-0.05, 0) is 24.3 Å². The molecular weight excluding hydrogens is 380 g/mol. The fourth-order valence-corrected chi connectivity index (χ4v) is 3.67. The average Bonchev–Trinajstić information content (AvgIpc) is 3.51. The second-order valence-electron chi connectivity index (χ2n) is 6.96. The largest absolute Gasteiger partial charge is 0.506 e. The molecule has 0 spiro atoms. The molecule has 0 aliphatic rings. The maximum Gasteiger partial charge on any atom is 0.134 e. The molecule has 3 N–H and O–H groups in total. The highest BCUT2D eigenvalue weighted by atomic mass is 16.3. The van der Waals surface area contributed by atoms with Gasteiger partial charge in [-0.15, -0.1) is 0 Å². The van der Waals surface area contributed by atoms with Gasteiger partial charge in [-0.25, -0.2) is 0 Å². The normalized spacial score (nSPS) is 11.5. The van der Waals surface area contributed by atoms with E-state index in [-0.39, 0.29) is 5.75 Å². The summed E-state index contributed by atoms with van der Waals surface area (Å²) in [5.41, 5.74) is 6.74. The zero-order valence-corrected chi connectivity index (χ0v) is 15.5. The Morgan fingerprint density at radius 3 is 2.67 bits per heavy atom. The van der Waals surface area contributed by atoms with Crippen LogP contribution in [0, 0.1) is 0 Å². The number of fused-ring (bicyclic) bond motifs is 2. The van der Waals surface area contributed by atoms with Crippen LogP contribution in [0.2, 0.25) is 0 Å². The van der Waals surface area contributed by atoms with Crippen molar-refractivity contribution in [3.05, 3.63) is 67.8 Å². The summed E-state index contributed by atoms with van der Waals surface area (Å²) in [6.45, 7) is 0. The third kappa shape index (κ3) is 2.55. The van der Waals surface area contributed by atoms with Crippen LogP contribution in [0.25, 0.3) is 55.6 Å². The van der Waals surface area contributed by atoms with Crippen molar-refractivity contribution in [1.29, 1.82) is 0 Å². The van der Waals surface area contributed by atoms with E-state index >= 15 is 0 Å². The van der Waals surface area contributed by atoms with Gasteiger partial charge in [0, 0.05) is 39.9 Å². The number of pyridine rings is 3. The zero-order valence-electron chi connectivity index (χ0n) is 15.5. The van der Waals surface area contributed by atoms with Crippen LogP contribution in [0.1, 0.15) is 0 Å². The van der Waals surface area contributed by atoms with Crippen molar-refractivity contribution in [2.75, 3.05) is 0 Å². The Morgan fingerprint density at radius 1 is 0.867 bits per heavy atom. The fourth-order valence-electron chi connectivity index (χ4n) is 3.67. The molecular formula is C22H14N6O2. The van der Waals surface area contributed by atoms with Crippen molar-refractivity contribution in [3.63, 3.8) is 0 Å². The van der Waals surface area contributed by atoms with Crippen LogP contribution in [0.4, 0.5) is 0 Å². The van der Waals surface area contributed by atoms with Crippen LogP contribution in [0.15, 0.2) is 72.2 Å². The molecule has 0 fully saturated rings. The number of nitrogens with one attached hydrogen (secondary N) is 2. The first-order valence-corrected chi connectivity index (χ1v) is 9.24. The molecule has 144 valence electrons. The maximum atomic E-state index is 9.74. The number of nitrogens with zero attached hydrogens (tertiary/aromatic N) is 4. The first-order chi connectivity index (χ1) is 14.8. The van der Waals surface area contributed by atoms with Gasteiger partial charge in [-0.1, -0.05) is 0 Å². The van der Waals surface area contributed by atoms with Gasteiger partial charge in [-0.3, -0.25) is 20.1 Å². The molecule has 6 rings (SSSR count). The van der Waals surface area contributed by atoms with Gasteiger partial charge in [-0.2, -0.15) is 5.10 Å². The fraction of sp³-hybridized carbons (Fsp3) is 0. The summed E-state index contributed by atoms with van der Waals surface area (Å²) in [5, 5.41) is 19.2. The topological polar surface area (TPSA) is 117 Å². The molecule has 0 radical (unpaired) electrons. The molecule has 0 aromatic carbocycles. The number of hydrogen-bond donors (Lipinski definition) is 3. The highest BCUT2D eigenvalue weighted by Gasteiger charge is 2.15. The van der Waals surface area contributed by atoms with E-state index in [1.165, 1.54) is 6.20 Å². The Morgan fingerprint density at radius 2 is 1.80 bits per heavy atom. The number of aromatic amines is 2. The first kappa shape index (κ1) is 16.5. The van der Waals surface area contributed by atoms with Crippen LogP contribution in [-0.2, 0) is 0 Å². The molecule has 0 aliphatic heterocycles. The van der Waals surface area contributed by atoms with Gasteiger partial charge >= 0.3 is 0 Å². The van der Waals surface area contributed by atoms with Crippen molar-refractivity contribution in [2.45, 2.75) is 0 Å². The van der Waals surface area contributed by atoms with Crippen molar-refractivity contribution in [2.24, 2.45) is 0 Å². The predicted octanol–water partition coefficient (Wildman–Crippen LogP) is 4.53. The second-order valence-corrected chi connectivity index (χ2v) is 6.96. The van der Waals surface area contributed by atoms with Crippen LogP contribution in [0.5, 0.6) is 5.75 Å². The quantitative estimate of drug-likeness (QED) is 0.406. The highest BCUT2D eigenvalue weighted by molar-refractivity contribution is 6.00. The summed E-state index contributed by atoms with van der Waals surface area (Å²) in [7, 11) is 0. The number of rotatable bonds is 3. The lowest BCUT2D eigenvalue weighted by Crippen LogP contribution is -1.85. The molecule has 0 saturated heterocycles. The van der Waals surface area contributed by atoms with E-state index in [9.17, 15) is 5.11 Å². The lowest BCUT2D eigenvalue weighted by Gasteiger charge is -2.01. The van der Waals surface area contributed by atoms with E-state index in [1.807, 2.05) is 18.3 Å². The minimum atomic E-state index is 0.0942. The molecule has 0 saturated carbocycles. The van der Waals surface area contributed by atoms with Crippen molar-refractivity contribution in [3.8, 4) is 39.5 Å². The van der Waals surface area contributed by atoms with Crippen molar-refractivity contribution >= 4 is 21.8 Å². The molecule has 6 aromatic heterocycles. The predicted molar refractivity (Wildman–Crippen MR) is 112 cm³/mol. The molecule has 0 bridgehead atoms. The second kappa shape index (κ2) is 6.28. The first-order valence-electron chi connectivity index (χ1n) is 9.24. The third-order valence-corrected chi connectivity index (χ3v) is 5.10. The summed E-state index contributed by atoms with van der Waals surface area (Å²) in [5.74, 6) is 0.0942. The molecule has 6 aromatic rings. The minimum Gasteiger partial charge on any atom is -0.506 e. The van der Waals surface area contributed by atoms with E-state index in [0.29, 0.717) is 5.69 Å². The van der Waals surface area contributed by atoms with Crippen LogP contribution >= 0.6 is 0 Å². The lowest BCUT2D eigenvalue weighted by atomic mass is 10.1. The smallest absolute Gasteiger partial charge is 0.134 e. The molecule has 0 amide bonds. The Kier molecular flexibility index (Phi) is 3.45. The standard InChI is InChI=1S/C22H14N6O2/c29-14-3-13(6-23-7-14)18-5-16-21(10-25-18)27-28-22(16)19-4-15-17(12-1-2-30-11-12)8-24-9-20(15)26-19/h1-11,26,29H,(H,27,28). The average molecular weight is 394 g/mol. The van der Waals surface area contributed by atoms with Gasteiger partial charge in [0.25, 0.3) is 0 Å². The number of hydrogen-bond acceptors (Lipinski definition) is 6. The molecule has 8 nitrogen and oxygen atoms in total. The summed E-state index contributed by atoms with van der Waals surface area (Å²) in [6, 6.07) is 7.54. The van der Waals surface area contributed by atoms with Gasteiger partial charge in [0.1, 0.15) is 11.4 Å². The van der Waals surface area contributed by atoms with E-state index in [1.54, 1.807) is 37.2 Å².